The van der Waals surface area contributed by atoms with Crippen LogP contribution in [0.5, 0.6) is 0 Å². The Kier molecular flexibility index (Phi) is 7.03. The molecule has 0 radical (unpaired) electrons. The molecule has 0 atom stereocenters. The maximum absolute atomic E-state index is 14.1. The normalized spacial score (nSPS) is 10.0. The van der Waals surface area contributed by atoms with E-state index in [1.54, 1.807) is 0 Å². The lowest BCUT2D eigenvalue weighted by Gasteiger charge is -2.04. The van der Waals surface area contributed by atoms with E-state index < -0.39 is 11.6 Å². The Morgan fingerprint density at radius 3 is 2.00 bits per heavy atom. The summed E-state index contributed by atoms with van der Waals surface area (Å²) in [5, 5.41) is 2.09. The van der Waals surface area contributed by atoms with Gasteiger partial charge in [-0.2, -0.15) is 4.99 Å². The van der Waals surface area contributed by atoms with Crippen LogP contribution in [0.2, 0.25) is 0 Å². The second-order valence-electron chi connectivity index (χ2n) is 6.62. The Hall–Kier alpha value is -3.12. The van der Waals surface area contributed by atoms with E-state index in [1.165, 1.54) is 18.4 Å². The Morgan fingerprint density at radius 1 is 0.862 bits per heavy atom. The van der Waals surface area contributed by atoms with Gasteiger partial charge < -0.3 is 0 Å². The van der Waals surface area contributed by atoms with Gasteiger partial charge in [0.15, 0.2) is 0 Å². The molecule has 3 aromatic carbocycles. The first kappa shape index (κ1) is 20.6. The van der Waals surface area contributed by atoms with Crippen molar-refractivity contribution in [2.24, 2.45) is 4.99 Å². The lowest BCUT2D eigenvalue weighted by molar-refractivity contribution is 0.578. The quantitative estimate of drug-likeness (QED) is 0.251. The smallest absolute Gasteiger partial charge is 0.143 e. The van der Waals surface area contributed by atoms with Gasteiger partial charge in [-0.1, -0.05) is 61.6 Å². The van der Waals surface area contributed by atoms with E-state index in [1.807, 2.05) is 24.3 Å². The molecule has 3 aromatic rings. The molecule has 0 heterocycles. The van der Waals surface area contributed by atoms with Crippen LogP contribution in [0.4, 0.5) is 14.5 Å². The number of thiocarbonyl (C=S) groups is 1. The van der Waals surface area contributed by atoms with Gasteiger partial charge in [-0.15, -0.1) is 0 Å². The zero-order valence-corrected chi connectivity index (χ0v) is 16.8. The van der Waals surface area contributed by atoms with Gasteiger partial charge in [-0.05, 0) is 53.9 Å². The first-order chi connectivity index (χ1) is 14.1. The summed E-state index contributed by atoms with van der Waals surface area (Å²) in [6.45, 7) is 2.19. The molecule has 0 bridgehead atoms. The summed E-state index contributed by atoms with van der Waals surface area (Å²) in [6.07, 6.45) is 3.47. The fourth-order valence-electron chi connectivity index (χ4n) is 2.92. The van der Waals surface area contributed by atoms with Gasteiger partial charge in [0.2, 0.25) is 0 Å². The van der Waals surface area contributed by atoms with Gasteiger partial charge in [-0.3, -0.25) is 0 Å². The molecule has 0 unspecified atom stereocenters. The second-order valence-corrected chi connectivity index (χ2v) is 6.80. The predicted octanol–water partition coefficient (Wildman–Crippen LogP) is 7.11. The van der Waals surface area contributed by atoms with Crippen LogP contribution in [0, 0.1) is 23.5 Å². The number of isothiocyanates is 1. The number of halogens is 2. The van der Waals surface area contributed by atoms with Gasteiger partial charge >= 0.3 is 0 Å². The molecule has 1 nitrogen and oxygen atoms in total. The van der Waals surface area contributed by atoms with E-state index in [4.69, 9.17) is 0 Å². The summed E-state index contributed by atoms with van der Waals surface area (Å²) in [7, 11) is 0. The highest BCUT2D eigenvalue weighted by atomic mass is 32.1. The van der Waals surface area contributed by atoms with Gasteiger partial charge in [0.05, 0.1) is 16.4 Å². The molecule has 0 aliphatic rings. The van der Waals surface area contributed by atoms with Gasteiger partial charge in [0, 0.05) is 17.7 Å². The van der Waals surface area contributed by atoms with Crippen molar-refractivity contribution >= 4 is 23.1 Å². The van der Waals surface area contributed by atoms with Crippen molar-refractivity contribution < 1.29 is 8.78 Å². The van der Waals surface area contributed by atoms with Crippen LogP contribution >= 0.6 is 12.2 Å². The maximum Gasteiger partial charge on any atom is 0.143 e. The van der Waals surface area contributed by atoms with E-state index in [-0.39, 0.29) is 11.3 Å². The molecule has 0 aromatic heterocycles. The Bertz CT molecular complexity index is 1080. The molecule has 0 aliphatic carbocycles. The lowest BCUT2D eigenvalue weighted by atomic mass is 10.0. The van der Waals surface area contributed by atoms with Crippen LogP contribution in [-0.4, -0.2) is 5.16 Å². The van der Waals surface area contributed by atoms with E-state index in [0.717, 1.165) is 29.7 Å². The summed E-state index contributed by atoms with van der Waals surface area (Å²) in [6, 6.07) is 18.3. The SMILES string of the molecule is CCCCc1ccc(-c2ccc(C#Cc3c(F)cc(N=C=S)cc3F)cc2)cc1. The van der Waals surface area contributed by atoms with E-state index in [9.17, 15) is 8.78 Å². The van der Waals surface area contributed by atoms with Crippen LogP contribution in [0.1, 0.15) is 36.5 Å². The zero-order chi connectivity index (χ0) is 20.6. The fourth-order valence-corrected chi connectivity index (χ4v) is 3.03. The number of rotatable bonds is 5. The van der Waals surface area contributed by atoms with E-state index in [2.05, 4.69) is 65.4 Å². The Balaban J connectivity index is 1.78. The summed E-state index contributed by atoms with van der Waals surface area (Å²) in [5.74, 6) is 3.82. The first-order valence-corrected chi connectivity index (χ1v) is 9.80. The standard InChI is InChI=1S/C25H19F2NS/c1-2-3-4-18-5-10-20(11-6-18)21-12-7-19(8-13-21)9-14-23-24(26)15-22(28-17-29)16-25(23)27/h5-8,10-13,15-16H,2-4H2,1H3. The number of benzene rings is 3. The molecule has 3 rings (SSSR count). The molecule has 0 N–H and O–H groups in total. The number of nitrogens with zero attached hydrogens (tertiary/aromatic N) is 1. The van der Waals surface area contributed by atoms with Crippen molar-refractivity contribution in [1.82, 2.24) is 0 Å². The molecule has 0 spiro atoms. The molecular weight excluding hydrogens is 384 g/mol. The minimum absolute atomic E-state index is 0.0746. The predicted molar refractivity (Wildman–Crippen MR) is 118 cm³/mol. The zero-order valence-electron chi connectivity index (χ0n) is 16.0. The van der Waals surface area contributed by atoms with Crippen molar-refractivity contribution in [2.45, 2.75) is 26.2 Å². The van der Waals surface area contributed by atoms with Gasteiger partial charge in [0.1, 0.15) is 11.6 Å². The molecule has 0 fully saturated rings. The van der Waals surface area contributed by atoms with Crippen molar-refractivity contribution in [2.75, 3.05) is 0 Å². The first-order valence-electron chi connectivity index (χ1n) is 9.39. The van der Waals surface area contributed by atoms with Crippen molar-refractivity contribution in [3.05, 3.63) is 89.0 Å². The van der Waals surface area contributed by atoms with Gasteiger partial charge in [0.25, 0.3) is 0 Å². The minimum atomic E-state index is -0.777. The Labute approximate surface area is 175 Å². The third-order valence-corrected chi connectivity index (χ3v) is 4.62. The average Bonchev–Trinajstić information content (AvgIpc) is 2.73. The number of unbranched alkanes of at least 4 members (excludes halogenated alkanes) is 1. The Morgan fingerprint density at radius 2 is 1.45 bits per heavy atom. The molecule has 4 heteroatoms. The summed E-state index contributed by atoms with van der Waals surface area (Å²) in [5.41, 5.74) is 3.98. The maximum atomic E-state index is 14.1. The topological polar surface area (TPSA) is 12.4 Å². The van der Waals surface area contributed by atoms with E-state index in [0.29, 0.717) is 5.56 Å². The van der Waals surface area contributed by atoms with Crippen molar-refractivity contribution in [3.8, 4) is 23.0 Å². The number of aryl methyl sites for hydroxylation is 1. The third-order valence-electron chi connectivity index (χ3n) is 4.52. The van der Waals surface area contributed by atoms with Crippen LogP contribution < -0.4 is 0 Å². The number of hydrogen-bond donors (Lipinski definition) is 0. The highest BCUT2D eigenvalue weighted by molar-refractivity contribution is 7.78. The van der Waals surface area contributed by atoms with Crippen LogP contribution in [0.3, 0.4) is 0 Å². The highest BCUT2D eigenvalue weighted by Gasteiger charge is 2.08. The van der Waals surface area contributed by atoms with Crippen LogP contribution in [-0.2, 0) is 6.42 Å². The minimum Gasteiger partial charge on any atom is -0.205 e. The summed E-state index contributed by atoms with van der Waals surface area (Å²) < 4.78 is 28.1. The van der Waals surface area contributed by atoms with Crippen LogP contribution in [0.15, 0.2) is 65.7 Å². The molecule has 29 heavy (non-hydrogen) atoms. The number of hydrogen-bond acceptors (Lipinski definition) is 2. The molecule has 0 amide bonds. The summed E-state index contributed by atoms with van der Waals surface area (Å²) in [4.78, 5) is 3.58. The second kappa shape index (κ2) is 9.89. The van der Waals surface area contributed by atoms with Crippen molar-refractivity contribution in [3.63, 3.8) is 0 Å². The van der Waals surface area contributed by atoms with Gasteiger partial charge in [-0.25, -0.2) is 8.78 Å². The van der Waals surface area contributed by atoms with E-state index >= 15 is 0 Å². The third kappa shape index (κ3) is 5.45. The molecular formula is C25H19F2NS. The van der Waals surface area contributed by atoms with Crippen LogP contribution in [0.25, 0.3) is 11.1 Å². The average molecular weight is 403 g/mol. The largest absolute Gasteiger partial charge is 0.205 e. The monoisotopic (exact) mass is 403 g/mol. The molecule has 0 aliphatic heterocycles. The molecule has 0 saturated carbocycles. The summed E-state index contributed by atoms with van der Waals surface area (Å²) >= 11 is 4.45. The number of aliphatic imine (C=N–C) groups is 1. The highest BCUT2D eigenvalue weighted by Crippen LogP contribution is 2.22. The molecule has 144 valence electrons. The fraction of sp³-hybridized carbons (Fsp3) is 0.160. The van der Waals surface area contributed by atoms with Crippen molar-refractivity contribution in [1.29, 1.82) is 0 Å². The lowest BCUT2D eigenvalue weighted by Crippen LogP contribution is -1.90. The molecule has 0 saturated heterocycles.